The zero-order valence-corrected chi connectivity index (χ0v) is 20.0. The Morgan fingerprint density at radius 2 is 1.97 bits per heavy atom. The number of likely N-dealkylation sites (tertiary alicyclic amines) is 1. The number of hydrogen-bond acceptors (Lipinski definition) is 7. The monoisotopic (exact) mass is 479 g/mol. The number of carboxylic acids is 1. The van der Waals surface area contributed by atoms with Crippen molar-refractivity contribution in [3.8, 4) is 0 Å². The van der Waals surface area contributed by atoms with Gasteiger partial charge in [-0.15, -0.1) is 6.58 Å². The third kappa shape index (κ3) is 4.14. The molecule has 4 fully saturated rings. The van der Waals surface area contributed by atoms with E-state index < -0.39 is 35.0 Å². The fourth-order valence-corrected chi connectivity index (χ4v) is 6.42. The van der Waals surface area contributed by atoms with Gasteiger partial charge >= 0.3 is 5.97 Å². The van der Waals surface area contributed by atoms with E-state index in [1.54, 1.807) is 17.9 Å². The van der Waals surface area contributed by atoms with E-state index in [1.807, 2.05) is 0 Å². The van der Waals surface area contributed by atoms with Crippen LogP contribution in [0.25, 0.3) is 0 Å². The molecule has 0 aliphatic carbocycles. The number of amides is 2. The summed E-state index contributed by atoms with van der Waals surface area (Å²) in [6.45, 7) is 10.3. The maximum atomic E-state index is 14.1. The van der Waals surface area contributed by atoms with Gasteiger partial charge in [0.1, 0.15) is 11.6 Å². The average molecular weight is 480 g/mol. The molecule has 0 aromatic carbocycles. The van der Waals surface area contributed by atoms with Crippen molar-refractivity contribution in [3.63, 3.8) is 0 Å². The molecule has 0 radical (unpaired) electrons. The molecular weight excluding hydrogens is 442 g/mol. The van der Waals surface area contributed by atoms with Crippen LogP contribution >= 0.6 is 0 Å². The average Bonchev–Trinajstić information content (AvgIpc) is 3.38. The van der Waals surface area contributed by atoms with Gasteiger partial charge in [-0.05, 0) is 32.6 Å². The summed E-state index contributed by atoms with van der Waals surface area (Å²) in [7, 11) is 0. The van der Waals surface area contributed by atoms with Crippen molar-refractivity contribution in [2.75, 3.05) is 59.1 Å². The van der Waals surface area contributed by atoms with Crippen LogP contribution in [0.3, 0.4) is 0 Å². The summed E-state index contributed by atoms with van der Waals surface area (Å²) in [4.78, 5) is 45.4. The van der Waals surface area contributed by atoms with Gasteiger partial charge in [0.05, 0.1) is 30.7 Å². The number of aliphatic hydroxyl groups excluding tert-OH is 1. The molecule has 4 aliphatic rings. The largest absolute Gasteiger partial charge is 0.481 e. The summed E-state index contributed by atoms with van der Waals surface area (Å²) < 4.78 is 11.8. The SMILES string of the molecule is C=CCN(CCN1CCOCC1)C(=O)C1N(CCCCO)C(=O)[C@@H]2[C@@H](C(=O)O)[C@@]3(C)CCC12O3. The van der Waals surface area contributed by atoms with E-state index >= 15 is 0 Å². The van der Waals surface area contributed by atoms with Crippen molar-refractivity contribution in [1.29, 1.82) is 0 Å². The lowest BCUT2D eigenvalue weighted by Crippen LogP contribution is -2.57. The van der Waals surface area contributed by atoms with E-state index in [4.69, 9.17) is 9.47 Å². The van der Waals surface area contributed by atoms with Gasteiger partial charge in [-0.1, -0.05) is 6.08 Å². The van der Waals surface area contributed by atoms with E-state index in [9.17, 15) is 24.6 Å². The Labute approximate surface area is 200 Å². The molecule has 2 amide bonds. The fraction of sp³-hybridized carbons (Fsp3) is 0.792. The highest BCUT2D eigenvalue weighted by molar-refractivity contribution is 5.98. The highest BCUT2D eigenvalue weighted by Gasteiger charge is 2.78. The third-order valence-corrected chi connectivity index (χ3v) is 8.03. The summed E-state index contributed by atoms with van der Waals surface area (Å²) in [6.07, 6.45) is 3.67. The zero-order valence-electron chi connectivity index (χ0n) is 20.0. The first-order valence-corrected chi connectivity index (χ1v) is 12.3. The Morgan fingerprint density at radius 3 is 2.62 bits per heavy atom. The van der Waals surface area contributed by atoms with Crippen LogP contribution in [-0.4, -0.2) is 119 Å². The number of fused-ring (bicyclic) bond motifs is 1. The minimum Gasteiger partial charge on any atom is -0.481 e. The first-order valence-electron chi connectivity index (χ1n) is 12.3. The number of nitrogens with zero attached hydrogens (tertiary/aromatic N) is 3. The molecule has 0 aromatic rings. The quantitative estimate of drug-likeness (QED) is 0.313. The summed E-state index contributed by atoms with van der Waals surface area (Å²) in [6, 6.07) is -0.875. The van der Waals surface area contributed by atoms with Crippen LogP contribution in [0.2, 0.25) is 0 Å². The molecule has 4 saturated heterocycles. The Hall–Kier alpha value is -2.01. The Balaban J connectivity index is 1.62. The molecule has 4 rings (SSSR count). The summed E-state index contributed by atoms with van der Waals surface area (Å²) in [5.74, 6) is -3.45. The molecule has 10 nitrogen and oxygen atoms in total. The number of ether oxygens (including phenoxy) is 2. The zero-order chi connectivity index (χ0) is 24.5. The van der Waals surface area contributed by atoms with Gasteiger partial charge in [0, 0.05) is 45.9 Å². The second-order valence-electron chi connectivity index (χ2n) is 10.1. The lowest BCUT2D eigenvalue weighted by Gasteiger charge is -2.37. The molecule has 34 heavy (non-hydrogen) atoms. The van der Waals surface area contributed by atoms with E-state index in [0.717, 1.165) is 13.1 Å². The van der Waals surface area contributed by atoms with Gasteiger partial charge in [0.2, 0.25) is 11.8 Å². The Morgan fingerprint density at radius 1 is 1.24 bits per heavy atom. The molecule has 0 aromatic heterocycles. The van der Waals surface area contributed by atoms with Crippen molar-refractivity contribution < 1.29 is 34.1 Å². The van der Waals surface area contributed by atoms with Crippen molar-refractivity contribution in [1.82, 2.24) is 14.7 Å². The van der Waals surface area contributed by atoms with Crippen LogP contribution in [0.1, 0.15) is 32.6 Å². The van der Waals surface area contributed by atoms with Crippen LogP contribution in [0.4, 0.5) is 0 Å². The number of unbranched alkanes of at least 4 members (excludes halogenated alkanes) is 1. The molecule has 4 aliphatic heterocycles. The molecule has 10 heteroatoms. The number of aliphatic hydroxyl groups is 1. The maximum absolute atomic E-state index is 14.1. The number of carbonyl (C=O) groups excluding carboxylic acids is 2. The summed E-state index contributed by atoms with van der Waals surface area (Å²) >= 11 is 0. The topological polar surface area (TPSA) is 120 Å². The van der Waals surface area contributed by atoms with Gasteiger partial charge in [0.25, 0.3) is 0 Å². The molecule has 2 N–H and O–H groups in total. The second kappa shape index (κ2) is 9.93. The lowest BCUT2D eigenvalue weighted by atomic mass is 9.66. The van der Waals surface area contributed by atoms with E-state index in [0.29, 0.717) is 58.5 Å². The van der Waals surface area contributed by atoms with Crippen molar-refractivity contribution in [3.05, 3.63) is 12.7 Å². The molecular formula is C24H37N3O7. The summed E-state index contributed by atoms with van der Waals surface area (Å²) in [5, 5.41) is 19.2. The fourth-order valence-electron chi connectivity index (χ4n) is 6.42. The van der Waals surface area contributed by atoms with Crippen LogP contribution in [0, 0.1) is 11.8 Å². The predicted molar refractivity (Wildman–Crippen MR) is 122 cm³/mol. The van der Waals surface area contributed by atoms with E-state index in [-0.39, 0.29) is 25.0 Å². The van der Waals surface area contributed by atoms with Crippen LogP contribution < -0.4 is 0 Å². The maximum Gasteiger partial charge on any atom is 0.310 e. The first-order chi connectivity index (χ1) is 16.3. The van der Waals surface area contributed by atoms with Crippen molar-refractivity contribution in [2.45, 2.75) is 49.9 Å². The number of aliphatic carboxylic acids is 1. The van der Waals surface area contributed by atoms with E-state index in [2.05, 4.69) is 11.5 Å². The number of carbonyl (C=O) groups is 3. The standard InChI is InChI=1S/C24H37N3O7/c1-3-8-26(11-10-25-12-15-33-16-13-25)21(30)19-24-7-6-23(2,34-24)18(22(31)32)17(24)20(29)27(19)9-4-5-14-28/h3,17-19,28H,1,4-16H2,2H3,(H,31,32)/t17-,18-,19?,23+,24?/m0/s1. The number of rotatable bonds is 11. The van der Waals surface area contributed by atoms with Gasteiger partial charge in [-0.3, -0.25) is 19.3 Å². The van der Waals surface area contributed by atoms with Gasteiger partial charge in [-0.25, -0.2) is 0 Å². The van der Waals surface area contributed by atoms with E-state index in [1.165, 1.54) is 4.90 Å². The third-order valence-electron chi connectivity index (χ3n) is 8.03. The van der Waals surface area contributed by atoms with Crippen LogP contribution in [0.5, 0.6) is 0 Å². The molecule has 0 saturated carbocycles. The van der Waals surface area contributed by atoms with Gasteiger partial charge < -0.3 is 29.5 Å². The summed E-state index contributed by atoms with van der Waals surface area (Å²) in [5.41, 5.74) is -2.09. The number of hydrogen-bond donors (Lipinski definition) is 2. The molecule has 4 heterocycles. The predicted octanol–water partition coefficient (Wildman–Crippen LogP) is -0.0450. The number of carboxylic acid groups (broad SMARTS) is 1. The minimum absolute atomic E-state index is 0.0102. The van der Waals surface area contributed by atoms with Crippen LogP contribution in [-0.2, 0) is 23.9 Å². The lowest BCUT2D eigenvalue weighted by molar-refractivity contribution is -0.156. The number of morpholine rings is 1. The smallest absolute Gasteiger partial charge is 0.310 e. The highest BCUT2D eigenvalue weighted by atomic mass is 16.5. The molecule has 5 atom stereocenters. The normalized spacial score (nSPS) is 34.9. The first kappa shape index (κ1) is 25.1. The van der Waals surface area contributed by atoms with Crippen molar-refractivity contribution in [2.24, 2.45) is 11.8 Å². The van der Waals surface area contributed by atoms with Gasteiger partial charge in [0.15, 0.2) is 0 Å². The Bertz CT molecular complexity index is 816. The molecule has 2 unspecified atom stereocenters. The molecule has 1 spiro atoms. The minimum atomic E-state index is -1.14. The highest BCUT2D eigenvalue weighted by Crippen LogP contribution is 2.63. The Kier molecular flexibility index (Phi) is 7.33. The molecule has 190 valence electrons. The van der Waals surface area contributed by atoms with Crippen molar-refractivity contribution >= 4 is 17.8 Å². The van der Waals surface area contributed by atoms with Gasteiger partial charge in [-0.2, -0.15) is 0 Å². The van der Waals surface area contributed by atoms with Crippen LogP contribution in [0.15, 0.2) is 12.7 Å². The molecule has 2 bridgehead atoms. The second-order valence-corrected chi connectivity index (χ2v) is 10.1.